The van der Waals surface area contributed by atoms with Gasteiger partial charge in [0, 0.05) is 24.9 Å². The monoisotopic (exact) mass is 233 g/mol. The van der Waals surface area contributed by atoms with E-state index in [9.17, 15) is 8.42 Å². The van der Waals surface area contributed by atoms with Crippen molar-refractivity contribution in [3.8, 4) is 0 Å². The second-order valence-electron chi connectivity index (χ2n) is 3.18. The largest absolute Gasteiger partial charge is 0.384 e. The average molecular weight is 233 g/mol. The lowest BCUT2D eigenvalue weighted by Crippen LogP contribution is -2.30. The van der Waals surface area contributed by atoms with Crippen LogP contribution in [0.15, 0.2) is 12.4 Å². The molecule has 1 aromatic heterocycles. The van der Waals surface area contributed by atoms with Crippen LogP contribution in [-0.2, 0) is 14.8 Å². The molecule has 0 aliphatic heterocycles. The number of aromatic amines is 1. The van der Waals surface area contributed by atoms with Gasteiger partial charge in [0.2, 0.25) is 10.0 Å². The summed E-state index contributed by atoms with van der Waals surface area (Å²) in [5.74, 6) is -0.0360. The summed E-state index contributed by atoms with van der Waals surface area (Å²) < 4.78 is 30.2. The Hall–Kier alpha value is -0.920. The number of H-pyrrole nitrogens is 1. The summed E-state index contributed by atoms with van der Waals surface area (Å²) in [6.45, 7) is 1.95. The van der Waals surface area contributed by atoms with Gasteiger partial charge in [-0.05, 0) is 6.92 Å². The molecular formula is C8H15N3O3S. The Labute approximate surface area is 89.1 Å². The summed E-state index contributed by atoms with van der Waals surface area (Å²) >= 11 is 0. The van der Waals surface area contributed by atoms with Crippen LogP contribution >= 0.6 is 0 Å². The summed E-state index contributed by atoms with van der Waals surface area (Å²) in [5.41, 5.74) is 0.802. The van der Waals surface area contributed by atoms with Gasteiger partial charge >= 0.3 is 0 Å². The van der Waals surface area contributed by atoms with E-state index in [1.165, 1.54) is 7.11 Å². The molecule has 2 N–H and O–H groups in total. The molecule has 1 unspecified atom stereocenters. The lowest BCUT2D eigenvalue weighted by Gasteiger charge is -2.11. The fraction of sp³-hybridized carbons (Fsp3) is 0.625. The highest BCUT2D eigenvalue weighted by molar-refractivity contribution is 7.89. The highest BCUT2D eigenvalue weighted by atomic mass is 32.2. The Morgan fingerprint density at radius 1 is 1.67 bits per heavy atom. The van der Waals surface area contributed by atoms with Crippen LogP contribution in [0.3, 0.4) is 0 Å². The Bertz CT molecular complexity index is 374. The zero-order chi connectivity index (χ0) is 11.3. The molecule has 0 saturated carbocycles. The van der Waals surface area contributed by atoms with E-state index in [-0.39, 0.29) is 18.4 Å². The van der Waals surface area contributed by atoms with Crippen molar-refractivity contribution in [3.05, 3.63) is 18.0 Å². The quantitative estimate of drug-likeness (QED) is 0.726. The van der Waals surface area contributed by atoms with Crippen molar-refractivity contribution >= 4 is 10.0 Å². The van der Waals surface area contributed by atoms with Gasteiger partial charge in [-0.15, -0.1) is 0 Å². The predicted octanol–water partition coefficient (Wildman–Crippen LogP) is 0.0365. The minimum absolute atomic E-state index is 0.0360. The molecule has 0 bridgehead atoms. The lowest BCUT2D eigenvalue weighted by atomic mass is 10.2. The maximum absolute atomic E-state index is 11.5. The molecule has 6 nitrogen and oxygen atoms in total. The standard InChI is InChI=1S/C8H15N3O3S/c1-7(8-5-9-10-6-8)11-15(12,13)4-3-14-2/h5-7,11H,3-4H2,1-2H3,(H,9,10). The van der Waals surface area contributed by atoms with E-state index in [1.807, 2.05) is 0 Å². The summed E-state index contributed by atoms with van der Waals surface area (Å²) in [7, 11) is -1.82. The van der Waals surface area contributed by atoms with Gasteiger partial charge in [-0.25, -0.2) is 13.1 Å². The van der Waals surface area contributed by atoms with Gasteiger partial charge in [-0.1, -0.05) is 0 Å². The average Bonchev–Trinajstić information content (AvgIpc) is 2.67. The van der Waals surface area contributed by atoms with Crippen molar-refractivity contribution < 1.29 is 13.2 Å². The number of rotatable bonds is 6. The van der Waals surface area contributed by atoms with Gasteiger partial charge in [-0.2, -0.15) is 5.10 Å². The van der Waals surface area contributed by atoms with Crippen LogP contribution in [0.5, 0.6) is 0 Å². The van der Waals surface area contributed by atoms with Crippen molar-refractivity contribution in [1.82, 2.24) is 14.9 Å². The molecule has 0 aliphatic rings. The molecule has 86 valence electrons. The van der Waals surface area contributed by atoms with E-state index in [0.717, 1.165) is 5.56 Å². The molecule has 7 heteroatoms. The topological polar surface area (TPSA) is 84.1 Å². The fourth-order valence-corrected chi connectivity index (χ4v) is 2.27. The molecule has 0 radical (unpaired) electrons. The summed E-state index contributed by atoms with van der Waals surface area (Å²) in [6, 6.07) is -0.286. The van der Waals surface area contributed by atoms with Crippen molar-refractivity contribution in [2.45, 2.75) is 13.0 Å². The van der Waals surface area contributed by atoms with Crippen molar-refractivity contribution in [2.75, 3.05) is 19.5 Å². The Morgan fingerprint density at radius 3 is 2.93 bits per heavy atom. The molecule has 0 aliphatic carbocycles. The van der Waals surface area contributed by atoms with Crippen molar-refractivity contribution in [1.29, 1.82) is 0 Å². The zero-order valence-corrected chi connectivity index (χ0v) is 9.54. The SMILES string of the molecule is COCCS(=O)(=O)NC(C)c1cn[nH]c1. The lowest BCUT2D eigenvalue weighted by molar-refractivity contribution is 0.216. The maximum atomic E-state index is 11.5. The van der Waals surface area contributed by atoms with E-state index >= 15 is 0 Å². The Kier molecular flexibility index (Phi) is 4.25. The van der Waals surface area contributed by atoms with Gasteiger partial charge in [0.25, 0.3) is 0 Å². The molecular weight excluding hydrogens is 218 g/mol. The molecule has 1 atom stereocenters. The number of hydrogen-bond acceptors (Lipinski definition) is 4. The molecule has 15 heavy (non-hydrogen) atoms. The zero-order valence-electron chi connectivity index (χ0n) is 8.73. The second kappa shape index (κ2) is 5.24. The van der Waals surface area contributed by atoms with Crippen molar-refractivity contribution in [3.63, 3.8) is 0 Å². The van der Waals surface area contributed by atoms with Crippen LogP contribution in [0.25, 0.3) is 0 Å². The number of aromatic nitrogens is 2. The Balaban J connectivity index is 2.54. The first kappa shape index (κ1) is 12.2. The van der Waals surface area contributed by atoms with E-state index < -0.39 is 10.0 Å². The third kappa shape index (κ3) is 3.98. The number of hydrogen-bond donors (Lipinski definition) is 2. The molecule has 1 heterocycles. The first-order valence-electron chi connectivity index (χ1n) is 4.53. The normalized spacial score (nSPS) is 14.0. The molecule has 0 aromatic carbocycles. The third-order valence-electron chi connectivity index (χ3n) is 1.93. The number of sulfonamides is 1. The van der Waals surface area contributed by atoms with Gasteiger partial charge in [0.05, 0.1) is 18.6 Å². The molecule has 0 spiro atoms. The first-order chi connectivity index (χ1) is 7.05. The minimum Gasteiger partial charge on any atom is -0.384 e. The second-order valence-corrected chi connectivity index (χ2v) is 5.06. The van der Waals surface area contributed by atoms with Crippen LogP contribution < -0.4 is 4.72 Å². The fourth-order valence-electron chi connectivity index (χ4n) is 1.09. The first-order valence-corrected chi connectivity index (χ1v) is 6.18. The van der Waals surface area contributed by atoms with Crippen LogP contribution in [0.1, 0.15) is 18.5 Å². The smallest absolute Gasteiger partial charge is 0.214 e. The van der Waals surface area contributed by atoms with E-state index in [1.54, 1.807) is 19.3 Å². The Morgan fingerprint density at radius 2 is 2.40 bits per heavy atom. The molecule has 1 aromatic rings. The minimum atomic E-state index is -3.29. The van der Waals surface area contributed by atoms with Crippen LogP contribution in [0.4, 0.5) is 0 Å². The summed E-state index contributed by atoms with van der Waals surface area (Å²) in [6.07, 6.45) is 3.24. The van der Waals surface area contributed by atoms with Gasteiger partial charge < -0.3 is 4.74 Å². The molecule has 0 fully saturated rings. The number of ether oxygens (including phenoxy) is 1. The van der Waals surface area contributed by atoms with E-state index in [0.29, 0.717) is 0 Å². The van der Waals surface area contributed by atoms with Crippen LogP contribution in [0.2, 0.25) is 0 Å². The van der Waals surface area contributed by atoms with Crippen LogP contribution in [-0.4, -0.2) is 38.1 Å². The maximum Gasteiger partial charge on any atom is 0.214 e. The van der Waals surface area contributed by atoms with Gasteiger partial charge in [0.15, 0.2) is 0 Å². The van der Waals surface area contributed by atoms with Crippen molar-refractivity contribution in [2.24, 2.45) is 0 Å². The molecule has 0 saturated heterocycles. The number of nitrogens with one attached hydrogen (secondary N) is 2. The molecule has 0 amide bonds. The predicted molar refractivity (Wildman–Crippen MR) is 55.8 cm³/mol. The van der Waals surface area contributed by atoms with Gasteiger partial charge in [-0.3, -0.25) is 5.10 Å². The summed E-state index contributed by atoms with van der Waals surface area (Å²) in [5, 5.41) is 6.38. The van der Waals surface area contributed by atoms with E-state index in [4.69, 9.17) is 4.74 Å². The third-order valence-corrected chi connectivity index (χ3v) is 3.35. The highest BCUT2D eigenvalue weighted by Crippen LogP contribution is 2.10. The highest BCUT2D eigenvalue weighted by Gasteiger charge is 2.15. The number of nitrogens with zero attached hydrogens (tertiary/aromatic N) is 1. The molecule has 1 rings (SSSR count). The van der Waals surface area contributed by atoms with Gasteiger partial charge in [0.1, 0.15) is 0 Å². The summed E-state index contributed by atoms with van der Waals surface area (Å²) in [4.78, 5) is 0. The van der Waals surface area contributed by atoms with E-state index in [2.05, 4.69) is 14.9 Å². The number of methoxy groups -OCH3 is 1. The van der Waals surface area contributed by atoms with Crippen LogP contribution in [0, 0.1) is 0 Å².